The summed E-state index contributed by atoms with van der Waals surface area (Å²) < 4.78 is 5.30. The molecular weight excluding hydrogens is 288 g/mol. The van der Waals surface area contributed by atoms with Gasteiger partial charge in [0.05, 0.1) is 18.7 Å². The Kier molecular flexibility index (Phi) is 4.03. The molecule has 1 aliphatic heterocycles. The van der Waals surface area contributed by atoms with E-state index in [0.29, 0.717) is 24.3 Å². The van der Waals surface area contributed by atoms with Gasteiger partial charge in [0.1, 0.15) is 5.75 Å². The maximum atomic E-state index is 13.1. The monoisotopic (exact) mass is 306 g/mol. The van der Waals surface area contributed by atoms with Gasteiger partial charge in [-0.25, -0.2) is 0 Å². The van der Waals surface area contributed by atoms with Crippen LogP contribution in [0.1, 0.15) is 28.8 Å². The van der Waals surface area contributed by atoms with E-state index >= 15 is 0 Å². The van der Waals surface area contributed by atoms with Crippen LogP contribution >= 0.6 is 0 Å². The molecule has 2 aromatic rings. The van der Waals surface area contributed by atoms with Crippen LogP contribution in [0.5, 0.6) is 5.75 Å². The second-order valence-electron chi connectivity index (χ2n) is 5.60. The van der Waals surface area contributed by atoms with Gasteiger partial charge in [0.25, 0.3) is 5.91 Å². The largest absolute Gasteiger partial charge is 0.496 e. The quantitative estimate of drug-likeness (QED) is 0.874. The Morgan fingerprint density at radius 2 is 1.87 bits per heavy atom. The highest BCUT2D eigenvalue weighted by atomic mass is 16.5. The highest BCUT2D eigenvalue weighted by Crippen LogP contribution is 2.40. The lowest BCUT2D eigenvalue weighted by Crippen LogP contribution is -2.44. The molecule has 0 radical (unpaired) electrons. The number of nitrogens with zero attached hydrogens (tertiary/aromatic N) is 2. The summed E-state index contributed by atoms with van der Waals surface area (Å²) in [6.45, 7) is 0.569. The van der Waals surface area contributed by atoms with E-state index in [0.717, 1.165) is 12.0 Å². The van der Waals surface area contributed by atoms with Crippen LogP contribution in [-0.4, -0.2) is 24.5 Å². The lowest BCUT2D eigenvalue weighted by molar-refractivity contribution is 0.0666. The molecule has 0 aromatic heterocycles. The number of likely N-dealkylation sites (tertiary alicyclic amines) is 1. The number of hydrogen-bond donors (Lipinski definition) is 0. The molecule has 0 N–H and O–H groups in total. The second-order valence-corrected chi connectivity index (χ2v) is 5.60. The summed E-state index contributed by atoms with van der Waals surface area (Å²) >= 11 is 0. The topological polar surface area (TPSA) is 53.3 Å². The molecule has 0 spiro atoms. The van der Waals surface area contributed by atoms with Gasteiger partial charge in [-0.1, -0.05) is 42.5 Å². The van der Waals surface area contributed by atoms with Crippen molar-refractivity contribution in [1.29, 1.82) is 5.26 Å². The lowest BCUT2D eigenvalue weighted by atomic mass is 9.88. The number of carbonyl (C=O) groups is 1. The van der Waals surface area contributed by atoms with Gasteiger partial charge < -0.3 is 9.64 Å². The third-order valence-electron chi connectivity index (χ3n) is 4.40. The summed E-state index contributed by atoms with van der Waals surface area (Å²) in [5.74, 6) is 0.370. The van der Waals surface area contributed by atoms with Crippen molar-refractivity contribution in [1.82, 2.24) is 4.90 Å². The summed E-state index contributed by atoms with van der Waals surface area (Å²) in [5, 5.41) is 9.89. The van der Waals surface area contributed by atoms with E-state index in [-0.39, 0.29) is 5.91 Å². The predicted molar refractivity (Wildman–Crippen MR) is 87.0 cm³/mol. The van der Waals surface area contributed by atoms with Crippen LogP contribution in [0.2, 0.25) is 0 Å². The fourth-order valence-corrected chi connectivity index (χ4v) is 3.26. The Labute approximate surface area is 135 Å². The number of benzene rings is 2. The average Bonchev–Trinajstić information content (AvgIpc) is 3.07. The Morgan fingerprint density at radius 3 is 2.57 bits per heavy atom. The van der Waals surface area contributed by atoms with Crippen molar-refractivity contribution in [2.75, 3.05) is 13.7 Å². The highest BCUT2D eigenvalue weighted by Gasteiger charge is 2.46. The van der Waals surface area contributed by atoms with Gasteiger partial charge in [-0.15, -0.1) is 0 Å². The molecule has 1 aliphatic rings. The van der Waals surface area contributed by atoms with E-state index in [4.69, 9.17) is 4.74 Å². The van der Waals surface area contributed by atoms with Crippen LogP contribution in [-0.2, 0) is 5.54 Å². The first kappa shape index (κ1) is 15.1. The Hall–Kier alpha value is -2.80. The van der Waals surface area contributed by atoms with E-state index in [2.05, 4.69) is 6.07 Å². The molecule has 2 aromatic carbocycles. The predicted octanol–water partition coefficient (Wildman–Crippen LogP) is 3.35. The van der Waals surface area contributed by atoms with Gasteiger partial charge in [0, 0.05) is 6.54 Å². The van der Waals surface area contributed by atoms with E-state index in [1.165, 1.54) is 0 Å². The number of carbonyl (C=O) groups excluding carboxylic acids is 1. The van der Waals surface area contributed by atoms with Crippen LogP contribution in [0.3, 0.4) is 0 Å². The summed E-state index contributed by atoms with van der Waals surface area (Å²) in [6.07, 6.45) is 1.46. The molecule has 0 saturated carbocycles. The number of hydrogen-bond acceptors (Lipinski definition) is 3. The first-order chi connectivity index (χ1) is 11.2. The number of methoxy groups -OCH3 is 1. The molecule has 116 valence electrons. The van der Waals surface area contributed by atoms with Crippen molar-refractivity contribution >= 4 is 5.91 Å². The third-order valence-corrected chi connectivity index (χ3v) is 4.40. The molecule has 1 amide bonds. The number of nitriles is 1. The van der Waals surface area contributed by atoms with Gasteiger partial charge in [0.2, 0.25) is 0 Å². The van der Waals surface area contributed by atoms with E-state index < -0.39 is 5.54 Å². The van der Waals surface area contributed by atoms with E-state index in [1.807, 2.05) is 42.5 Å². The summed E-state index contributed by atoms with van der Waals surface area (Å²) in [7, 11) is 1.55. The summed E-state index contributed by atoms with van der Waals surface area (Å²) in [4.78, 5) is 14.8. The summed E-state index contributed by atoms with van der Waals surface area (Å²) in [6, 6.07) is 19.1. The lowest BCUT2D eigenvalue weighted by Gasteiger charge is -2.33. The normalized spacial score (nSPS) is 20.1. The fourth-order valence-electron chi connectivity index (χ4n) is 3.26. The second kappa shape index (κ2) is 6.13. The van der Waals surface area contributed by atoms with E-state index in [1.54, 1.807) is 24.1 Å². The zero-order chi connectivity index (χ0) is 16.3. The van der Waals surface area contributed by atoms with Crippen molar-refractivity contribution < 1.29 is 9.53 Å². The smallest absolute Gasteiger partial charge is 0.259 e. The molecule has 1 fully saturated rings. The third kappa shape index (κ3) is 2.44. The Morgan fingerprint density at radius 1 is 1.17 bits per heavy atom. The van der Waals surface area contributed by atoms with Gasteiger partial charge in [-0.05, 0) is 30.5 Å². The maximum absolute atomic E-state index is 13.1. The minimum atomic E-state index is -0.904. The SMILES string of the molecule is COc1ccccc1C(=O)N1CCC[C@]1(C#N)c1ccccc1. The van der Waals surface area contributed by atoms with Gasteiger partial charge in [-0.3, -0.25) is 4.79 Å². The molecule has 0 aliphatic carbocycles. The minimum Gasteiger partial charge on any atom is -0.496 e. The first-order valence-corrected chi connectivity index (χ1v) is 7.65. The Bertz CT molecular complexity index is 751. The van der Waals surface area contributed by atoms with Gasteiger partial charge in [-0.2, -0.15) is 5.26 Å². The van der Waals surface area contributed by atoms with Crippen LogP contribution < -0.4 is 4.74 Å². The Balaban J connectivity index is 2.05. The van der Waals surface area contributed by atoms with Crippen molar-refractivity contribution in [2.45, 2.75) is 18.4 Å². The first-order valence-electron chi connectivity index (χ1n) is 7.65. The molecule has 0 bridgehead atoms. The molecule has 1 atom stereocenters. The maximum Gasteiger partial charge on any atom is 0.259 e. The van der Waals surface area contributed by atoms with Crippen LogP contribution in [0.25, 0.3) is 0 Å². The van der Waals surface area contributed by atoms with Gasteiger partial charge in [0.15, 0.2) is 5.54 Å². The van der Waals surface area contributed by atoms with Crippen molar-refractivity contribution in [3.05, 3.63) is 65.7 Å². The number of amides is 1. The molecule has 23 heavy (non-hydrogen) atoms. The van der Waals surface area contributed by atoms with Crippen LogP contribution in [0.15, 0.2) is 54.6 Å². The van der Waals surface area contributed by atoms with E-state index in [9.17, 15) is 10.1 Å². The molecular formula is C19H18N2O2. The van der Waals surface area contributed by atoms with Crippen LogP contribution in [0, 0.1) is 11.3 Å². The zero-order valence-corrected chi connectivity index (χ0v) is 13.0. The van der Waals surface area contributed by atoms with Crippen LogP contribution in [0.4, 0.5) is 0 Å². The minimum absolute atomic E-state index is 0.162. The highest BCUT2D eigenvalue weighted by molar-refractivity contribution is 5.98. The molecule has 4 nitrogen and oxygen atoms in total. The summed E-state index contributed by atoms with van der Waals surface area (Å²) in [5.41, 5.74) is 0.454. The molecule has 1 heterocycles. The number of para-hydroxylation sites is 1. The molecule has 3 rings (SSSR count). The average molecular weight is 306 g/mol. The number of ether oxygens (including phenoxy) is 1. The van der Waals surface area contributed by atoms with Crippen molar-refractivity contribution in [2.24, 2.45) is 0 Å². The molecule has 0 unspecified atom stereocenters. The van der Waals surface area contributed by atoms with Crippen molar-refractivity contribution in [3.8, 4) is 11.8 Å². The molecule has 4 heteroatoms. The zero-order valence-electron chi connectivity index (χ0n) is 13.0. The fraction of sp³-hybridized carbons (Fsp3) is 0.263. The number of rotatable bonds is 3. The standard InChI is InChI=1S/C19H18N2O2/c1-23-17-11-6-5-10-16(17)18(22)21-13-7-12-19(21,14-20)15-8-3-2-4-9-15/h2-6,8-11H,7,12-13H2,1H3/t19-/m0/s1. The van der Waals surface area contributed by atoms with Crippen molar-refractivity contribution in [3.63, 3.8) is 0 Å². The van der Waals surface area contributed by atoms with Gasteiger partial charge >= 0.3 is 0 Å². The molecule has 1 saturated heterocycles.